The van der Waals surface area contributed by atoms with Gasteiger partial charge in [0.05, 0.1) is 0 Å². The van der Waals surface area contributed by atoms with Crippen molar-refractivity contribution in [2.24, 2.45) is 5.92 Å². The third-order valence-corrected chi connectivity index (χ3v) is 2.96. The molecule has 0 aliphatic carbocycles. The molecule has 0 aliphatic rings. The molecule has 0 bridgehead atoms. The first kappa shape index (κ1) is 13.0. The first-order valence-corrected chi connectivity index (χ1v) is 6.15. The molecule has 0 atom stereocenters. The van der Waals surface area contributed by atoms with Crippen molar-refractivity contribution in [3.63, 3.8) is 0 Å². The lowest BCUT2D eigenvalue weighted by molar-refractivity contribution is -0.107. The predicted octanol–water partition coefficient (Wildman–Crippen LogP) is 3.72. The van der Waals surface area contributed by atoms with Crippen LogP contribution in [0.2, 0.25) is 0 Å². The molecule has 1 heteroatoms. The van der Waals surface area contributed by atoms with Crippen molar-refractivity contribution in [2.45, 2.75) is 46.5 Å². The quantitative estimate of drug-likeness (QED) is 0.665. The van der Waals surface area contributed by atoms with E-state index in [1.54, 1.807) is 0 Å². The van der Waals surface area contributed by atoms with E-state index >= 15 is 0 Å². The molecule has 0 amide bonds. The average molecular weight is 218 g/mol. The number of hydrogen-bond acceptors (Lipinski definition) is 1. The van der Waals surface area contributed by atoms with Crippen LogP contribution in [0.4, 0.5) is 0 Å². The number of aldehydes is 1. The second kappa shape index (κ2) is 6.47. The lowest BCUT2D eigenvalue weighted by Crippen LogP contribution is -1.96. The third-order valence-electron chi connectivity index (χ3n) is 2.96. The SMILES string of the molecule is Cc1ccc(CCC(C)C)cc1CCC=O. The largest absolute Gasteiger partial charge is 0.303 e. The molecule has 88 valence electrons. The summed E-state index contributed by atoms with van der Waals surface area (Å²) in [5.74, 6) is 0.750. The Bertz CT molecular complexity index is 339. The second-order valence-corrected chi connectivity index (χ2v) is 4.90. The molecule has 0 heterocycles. The molecule has 1 nitrogen and oxygen atoms in total. The van der Waals surface area contributed by atoms with Crippen LogP contribution in [0.3, 0.4) is 0 Å². The summed E-state index contributed by atoms with van der Waals surface area (Å²) in [6.45, 7) is 6.62. The summed E-state index contributed by atoms with van der Waals surface area (Å²) in [6.07, 6.45) is 4.89. The lowest BCUT2D eigenvalue weighted by Gasteiger charge is -2.09. The van der Waals surface area contributed by atoms with Crippen LogP contribution >= 0.6 is 0 Å². The summed E-state index contributed by atoms with van der Waals surface area (Å²) in [6, 6.07) is 6.65. The Balaban J connectivity index is 2.68. The van der Waals surface area contributed by atoms with E-state index in [4.69, 9.17) is 0 Å². The molecule has 1 rings (SSSR count). The normalized spacial score (nSPS) is 10.8. The molecule has 16 heavy (non-hydrogen) atoms. The molecule has 0 unspecified atom stereocenters. The van der Waals surface area contributed by atoms with Crippen molar-refractivity contribution in [3.05, 3.63) is 34.9 Å². The fourth-order valence-corrected chi connectivity index (χ4v) is 1.82. The van der Waals surface area contributed by atoms with Crippen molar-refractivity contribution in [1.29, 1.82) is 0 Å². The first-order chi connectivity index (χ1) is 7.63. The zero-order chi connectivity index (χ0) is 12.0. The molecular formula is C15H22O. The van der Waals surface area contributed by atoms with E-state index in [0.717, 1.165) is 25.0 Å². The zero-order valence-electron chi connectivity index (χ0n) is 10.6. The van der Waals surface area contributed by atoms with Gasteiger partial charge in [0.25, 0.3) is 0 Å². The van der Waals surface area contributed by atoms with E-state index in [1.165, 1.54) is 23.1 Å². The highest BCUT2D eigenvalue weighted by molar-refractivity contribution is 5.50. The van der Waals surface area contributed by atoms with Gasteiger partial charge in [0.2, 0.25) is 0 Å². The minimum atomic E-state index is 0.633. The molecule has 0 aliphatic heterocycles. The van der Waals surface area contributed by atoms with E-state index in [2.05, 4.69) is 39.0 Å². The van der Waals surface area contributed by atoms with Crippen LogP contribution in [0, 0.1) is 12.8 Å². The first-order valence-electron chi connectivity index (χ1n) is 6.15. The molecular weight excluding hydrogens is 196 g/mol. The van der Waals surface area contributed by atoms with E-state index in [1.807, 2.05) is 0 Å². The summed E-state index contributed by atoms with van der Waals surface area (Å²) in [5, 5.41) is 0. The van der Waals surface area contributed by atoms with Gasteiger partial charge in [-0.3, -0.25) is 0 Å². The molecule has 0 radical (unpaired) electrons. The molecule has 0 aromatic heterocycles. The third kappa shape index (κ3) is 4.18. The van der Waals surface area contributed by atoms with E-state index in [9.17, 15) is 4.79 Å². The summed E-state index contributed by atoms with van der Waals surface area (Å²) in [4.78, 5) is 10.4. The Kier molecular flexibility index (Phi) is 5.24. The number of rotatable bonds is 6. The predicted molar refractivity (Wildman–Crippen MR) is 68.7 cm³/mol. The summed E-state index contributed by atoms with van der Waals surface area (Å²) < 4.78 is 0. The topological polar surface area (TPSA) is 17.1 Å². The molecule has 1 aromatic rings. The van der Waals surface area contributed by atoms with Crippen LogP contribution in [-0.4, -0.2) is 6.29 Å². The second-order valence-electron chi connectivity index (χ2n) is 4.90. The maximum absolute atomic E-state index is 10.4. The monoisotopic (exact) mass is 218 g/mol. The molecule has 0 fully saturated rings. The number of aryl methyl sites for hydroxylation is 3. The van der Waals surface area contributed by atoms with Gasteiger partial charge in [-0.05, 0) is 48.8 Å². The van der Waals surface area contributed by atoms with Gasteiger partial charge in [0, 0.05) is 6.42 Å². The van der Waals surface area contributed by atoms with E-state index < -0.39 is 0 Å². The van der Waals surface area contributed by atoms with Crippen LogP contribution in [0.5, 0.6) is 0 Å². The highest BCUT2D eigenvalue weighted by atomic mass is 16.1. The number of hydrogen-bond donors (Lipinski definition) is 0. The smallest absolute Gasteiger partial charge is 0.120 e. The van der Waals surface area contributed by atoms with E-state index in [0.29, 0.717) is 6.42 Å². The maximum atomic E-state index is 10.4. The number of benzene rings is 1. The lowest BCUT2D eigenvalue weighted by atomic mass is 9.97. The summed E-state index contributed by atoms with van der Waals surface area (Å²) in [7, 11) is 0. The fraction of sp³-hybridized carbons (Fsp3) is 0.533. The van der Waals surface area contributed by atoms with Gasteiger partial charge in [-0.15, -0.1) is 0 Å². The number of carbonyl (C=O) groups is 1. The molecule has 0 saturated heterocycles. The molecule has 0 saturated carbocycles. The average Bonchev–Trinajstić information content (AvgIpc) is 2.26. The number of carbonyl (C=O) groups excluding carboxylic acids is 1. The van der Waals surface area contributed by atoms with Gasteiger partial charge in [0.1, 0.15) is 6.29 Å². The highest BCUT2D eigenvalue weighted by Crippen LogP contribution is 2.15. The standard InChI is InChI=1S/C15H22O/c1-12(2)6-8-14-9-7-13(3)15(11-14)5-4-10-16/h7,9-12H,4-6,8H2,1-3H3. The summed E-state index contributed by atoms with van der Waals surface area (Å²) in [5.41, 5.74) is 4.03. The van der Waals surface area contributed by atoms with Gasteiger partial charge in [-0.1, -0.05) is 32.0 Å². The van der Waals surface area contributed by atoms with Gasteiger partial charge in [0.15, 0.2) is 0 Å². The van der Waals surface area contributed by atoms with Crippen molar-refractivity contribution >= 4 is 6.29 Å². The van der Waals surface area contributed by atoms with Crippen LogP contribution in [0.1, 0.15) is 43.4 Å². The Morgan fingerprint density at radius 2 is 2.00 bits per heavy atom. The fourth-order valence-electron chi connectivity index (χ4n) is 1.82. The van der Waals surface area contributed by atoms with Crippen LogP contribution in [0.15, 0.2) is 18.2 Å². The van der Waals surface area contributed by atoms with Crippen molar-refractivity contribution in [3.8, 4) is 0 Å². The highest BCUT2D eigenvalue weighted by Gasteiger charge is 2.02. The zero-order valence-corrected chi connectivity index (χ0v) is 10.6. The Morgan fingerprint density at radius 3 is 2.62 bits per heavy atom. The van der Waals surface area contributed by atoms with E-state index in [-0.39, 0.29) is 0 Å². The minimum Gasteiger partial charge on any atom is -0.303 e. The van der Waals surface area contributed by atoms with Gasteiger partial charge >= 0.3 is 0 Å². The Labute approximate surface area is 98.9 Å². The van der Waals surface area contributed by atoms with Crippen molar-refractivity contribution in [2.75, 3.05) is 0 Å². The Morgan fingerprint density at radius 1 is 1.25 bits per heavy atom. The summed E-state index contributed by atoms with van der Waals surface area (Å²) >= 11 is 0. The molecule has 1 aromatic carbocycles. The van der Waals surface area contributed by atoms with Gasteiger partial charge in [-0.2, -0.15) is 0 Å². The van der Waals surface area contributed by atoms with Gasteiger partial charge < -0.3 is 4.79 Å². The maximum Gasteiger partial charge on any atom is 0.120 e. The van der Waals surface area contributed by atoms with Crippen LogP contribution in [0.25, 0.3) is 0 Å². The van der Waals surface area contributed by atoms with Crippen LogP contribution < -0.4 is 0 Å². The van der Waals surface area contributed by atoms with Crippen molar-refractivity contribution < 1.29 is 4.79 Å². The van der Waals surface area contributed by atoms with Crippen LogP contribution in [-0.2, 0) is 17.6 Å². The van der Waals surface area contributed by atoms with Gasteiger partial charge in [-0.25, -0.2) is 0 Å². The molecule has 0 spiro atoms. The van der Waals surface area contributed by atoms with Crippen molar-refractivity contribution in [1.82, 2.24) is 0 Å². The molecule has 0 N–H and O–H groups in total. The Hall–Kier alpha value is -1.11. The minimum absolute atomic E-state index is 0.633.